The maximum atomic E-state index is 5.35. The minimum atomic E-state index is 0.273. The molecule has 2 aromatic rings. The molecule has 0 atom stereocenters. The lowest BCUT2D eigenvalue weighted by Crippen LogP contribution is -1.98. The van der Waals surface area contributed by atoms with Crippen LogP contribution in [0.1, 0.15) is 5.69 Å². The van der Waals surface area contributed by atoms with Crippen LogP contribution in [0.15, 0.2) is 24.3 Å². The average molecular weight is 243 g/mol. The third-order valence-electron chi connectivity index (χ3n) is 2.74. The number of benzene rings is 1. The summed E-state index contributed by atoms with van der Waals surface area (Å²) in [5.74, 6) is 2.98. The second-order valence-corrected chi connectivity index (χ2v) is 4.04. The summed E-state index contributed by atoms with van der Waals surface area (Å²) in [6.07, 6.45) is 0. The van der Waals surface area contributed by atoms with Gasteiger partial charge in [-0.1, -0.05) is 0 Å². The second-order valence-electron chi connectivity index (χ2n) is 4.04. The molecule has 2 heterocycles. The number of ether oxygens (including phenoxy) is 2. The zero-order chi connectivity index (χ0) is 12.5. The van der Waals surface area contributed by atoms with Gasteiger partial charge in [0.1, 0.15) is 5.82 Å². The first-order chi connectivity index (χ1) is 8.76. The maximum Gasteiger partial charge on any atom is 0.231 e. The van der Waals surface area contributed by atoms with E-state index >= 15 is 0 Å². The number of anilines is 1. The molecule has 0 aliphatic carbocycles. The first kappa shape index (κ1) is 10.8. The number of aryl methyl sites for hydroxylation is 1. The molecular formula is C13H13N3O2. The normalized spacial score (nSPS) is 12.6. The Morgan fingerprint density at radius 2 is 1.94 bits per heavy atom. The molecule has 1 aliphatic heterocycles. The molecule has 5 heteroatoms. The molecule has 0 saturated heterocycles. The van der Waals surface area contributed by atoms with Gasteiger partial charge in [0.25, 0.3) is 0 Å². The van der Waals surface area contributed by atoms with Gasteiger partial charge < -0.3 is 14.8 Å². The predicted molar refractivity (Wildman–Crippen MR) is 67.9 cm³/mol. The van der Waals surface area contributed by atoms with Crippen LogP contribution in [0.25, 0.3) is 11.4 Å². The van der Waals surface area contributed by atoms with Crippen LogP contribution < -0.4 is 14.8 Å². The Morgan fingerprint density at radius 3 is 2.78 bits per heavy atom. The van der Waals surface area contributed by atoms with Crippen molar-refractivity contribution < 1.29 is 9.47 Å². The standard InChI is InChI=1S/C13H13N3O2/c1-8-5-12(14-2)16-13(15-8)9-3-4-10-11(6-9)18-7-17-10/h3-6H,7H2,1-2H3,(H,14,15,16). The fourth-order valence-corrected chi connectivity index (χ4v) is 1.86. The second kappa shape index (κ2) is 4.18. The minimum Gasteiger partial charge on any atom is -0.454 e. The van der Waals surface area contributed by atoms with Crippen molar-refractivity contribution in [1.82, 2.24) is 9.97 Å². The number of hydrogen-bond donors (Lipinski definition) is 1. The minimum absolute atomic E-state index is 0.273. The van der Waals surface area contributed by atoms with Crippen molar-refractivity contribution in [3.05, 3.63) is 30.0 Å². The van der Waals surface area contributed by atoms with E-state index in [0.29, 0.717) is 5.82 Å². The molecule has 1 N–H and O–H groups in total. The van der Waals surface area contributed by atoms with Gasteiger partial charge >= 0.3 is 0 Å². The third kappa shape index (κ3) is 1.84. The van der Waals surface area contributed by atoms with Gasteiger partial charge in [-0.15, -0.1) is 0 Å². The van der Waals surface area contributed by atoms with E-state index in [0.717, 1.165) is 28.6 Å². The summed E-state index contributed by atoms with van der Waals surface area (Å²) in [5.41, 5.74) is 1.83. The van der Waals surface area contributed by atoms with Gasteiger partial charge in [-0.2, -0.15) is 0 Å². The highest BCUT2D eigenvalue weighted by molar-refractivity contribution is 5.63. The number of aromatic nitrogens is 2. The first-order valence-corrected chi connectivity index (χ1v) is 5.70. The molecule has 92 valence electrons. The Balaban J connectivity index is 2.06. The van der Waals surface area contributed by atoms with E-state index in [4.69, 9.17) is 9.47 Å². The fraction of sp³-hybridized carbons (Fsp3) is 0.231. The van der Waals surface area contributed by atoms with Crippen molar-refractivity contribution in [2.24, 2.45) is 0 Å². The Kier molecular flexibility index (Phi) is 2.51. The third-order valence-corrected chi connectivity index (χ3v) is 2.74. The molecule has 0 bridgehead atoms. The molecule has 0 amide bonds. The molecule has 18 heavy (non-hydrogen) atoms. The summed E-state index contributed by atoms with van der Waals surface area (Å²) in [6, 6.07) is 7.61. The quantitative estimate of drug-likeness (QED) is 0.876. The lowest BCUT2D eigenvalue weighted by molar-refractivity contribution is 0.174. The van der Waals surface area contributed by atoms with Crippen molar-refractivity contribution in [3.63, 3.8) is 0 Å². The van der Waals surface area contributed by atoms with Gasteiger partial charge in [0.05, 0.1) is 0 Å². The van der Waals surface area contributed by atoms with Crippen LogP contribution >= 0.6 is 0 Å². The van der Waals surface area contributed by atoms with Crippen LogP contribution in [0.5, 0.6) is 11.5 Å². The van der Waals surface area contributed by atoms with E-state index in [9.17, 15) is 0 Å². The highest BCUT2D eigenvalue weighted by atomic mass is 16.7. The Morgan fingerprint density at radius 1 is 1.11 bits per heavy atom. The molecule has 0 unspecified atom stereocenters. The smallest absolute Gasteiger partial charge is 0.231 e. The summed E-state index contributed by atoms with van der Waals surface area (Å²) in [6.45, 7) is 2.22. The van der Waals surface area contributed by atoms with E-state index in [1.165, 1.54) is 0 Å². The van der Waals surface area contributed by atoms with E-state index < -0.39 is 0 Å². The lowest BCUT2D eigenvalue weighted by Gasteiger charge is -2.06. The monoisotopic (exact) mass is 243 g/mol. The van der Waals surface area contributed by atoms with Gasteiger partial charge in [-0.25, -0.2) is 9.97 Å². The summed E-state index contributed by atoms with van der Waals surface area (Å²) >= 11 is 0. The molecule has 0 spiro atoms. The fourth-order valence-electron chi connectivity index (χ4n) is 1.86. The van der Waals surface area contributed by atoms with Crippen LogP contribution in [-0.4, -0.2) is 23.8 Å². The van der Waals surface area contributed by atoms with E-state index in [1.54, 1.807) is 0 Å². The molecule has 5 nitrogen and oxygen atoms in total. The number of nitrogens with zero attached hydrogens (tertiary/aromatic N) is 2. The Bertz CT molecular complexity index is 599. The van der Waals surface area contributed by atoms with Crippen LogP contribution in [0.3, 0.4) is 0 Å². The van der Waals surface area contributed by atoms with Crippen molar-refractivity contribution in [2.75, 3.05) is 19.2 Å². The number of rotatable bonds is 2. The van der Waals surface area contributed by atoms with E-state index in [1.807, 2.05) is 38.2 Å². The predicted octanol–water partition coefficient (Wildman–Crippen LogP) is 2.22. The number of fused-ring (bicyclic) bond motifs is 1. The number of hydrogen-bond acceptors (Lipinski definition) is 5. The Labute approximate surface area is 105 Å². The topological polar surface area (TPSA) is 56.3 Å². The van der Waals surface area contributed by atoms with Gasteiger partial charge in [-0.05, 0) is 25.1 Å². The van der Waals surface area contributed by atoms with Crippen LogP contribution in [0, 0.1) is 6.92 Å². The van der Waals surface area contributed by atoms with Gasteiger partial charge in [0, 0.05) is 24.4 Å². The van der Waals surface area contributed by atoms with Crippen LogP contribution in [0.2, 0.25) is 0 Å². The van der Waals surface area contributed by atoms with Gasteiger partial charge in [0.15, 0.2) is 17.3 Å². The molecular weight excluding hydrogens is 230 g/mol. The highest BCUT2D eigenvalue weighted by Gasteiger charge is 2.15. The van der Waals surface area contributed by atoms with E-state index in [2.05, 4.69) is 15.3 Å². The molecule has 1 aliphatic rings. The molecule has 3 rings (SSSR count). The summed E-state index contributed by atoms with van der Waals surface area (Å²) < 4.78 is 10.6. The van der Waals surface area contributed by atoms with Crippen LogP contribution in [0.4, 0.5) is 5.82 Å². The van der Waals surface area contributed by atoms with Crippen molar-refractivity contribution in [1.29, 1.82) is 0 Å². The zero-order valence-corrected chi connectivity index (χ0v) is 10.2. The maximum absolute atomic E-state index is 5.35. The summed E-state index contributed by atoms with van der Waals surface area (Å²) in [5, 5.41) is 3.02. The zero-order valence-electron chi connectivity index (χ0n) is 10.2. The molecule has 1 aromatic heterocycles. The molecule has 1 aromatic carbocycles. The molecule has 0 saturated carbocycles. The molecule has 0 radical (unpaired) electrons. The highest BCUT2D eigenvalue weighted by Crippen LogP contribution is 2.35. The SMILES string of the molecule is CNc1cc(C)nc(-c2ccc3c(c2)OCO3)n1. The van der Waals surface area contributed by atoms with Crippen LogP contribution in [-0.2, 0) is 0 Å². The molecule has 0 fully saturated rings. The summed E-state index contributed by atoms with van der Waals surface area (Å²) in [4.78, 5) is 8.86. The Hall–Kier alpha value is -2.30. The summed E-state index contributed by atoms with van der Waals surface area (Å²) in [7, 11) is 1.84. The average Bonchev–Trinajstić information content (AvgIpc) is 2.85. The van der Waals surface area contributed by atoms with Gasteiger partial charge in [-0.3, -0.25) is 0 Å². The van der Waals surface area contributed by atoms with Crippen molar-refractivity contribution in [3.8, 4) is 22.9 Å². The van der Waals surface area contributed by atoms with Gasteiger partial charge in [0.2, 0.25) is 6.79 Å². The van der Waals surface area contributed by atoms with Crippen molar-refractivity contribution >= 4 is 5.82 Å². The first-order valence-electron chi connectivity index (χ1n) is 5.70. The largest absolute Gasteiger partial charge is 0.454 e. The van der Waals surface area contributed by atoms with Crippen molar-refractivity contribution in [2.45, 2.75) is 6.92 Å². The number of nitrogens with one attached hydrogen (secondary N) is 1. The van der Waals surface area contributed by atoms with E-state index in [-0.39, 0.29) is 6.79 Å². The lowest BCUT2D eigenvalue weighted by atomic mass is 10.2.